The Hall–Kier alpha value is -1.91. The lowest BCUT2D eigenvalue weighted by Gasteiger charge is -2.19. The molecule has 2 aromatic rings. The second kappa shape index (κ2) is 5.32. The average Bonchev–Trinajstić information content (AvgIpc) is 3.13. The topological polar surface area (TPSA) is 47.6 Å². The second-order valence-corrected chi connectivity index (χ2v) is 6.57. The average molecular weight is 350 g/mol. The van der Waals surface area contributed by atoms with E-state index in [4.69, 9.17) is 32.7 Å². The number of carbonyl (C=O) groups excluding carboxylic acids is 1. The number of rotatable bonds is 3. The Kier molecular flexibility index (Phi) is 3.39. The zero-order valence-corrected chi connectivity index (χ0v) is 13.6. The van der Waals surface area contributed by atoms with E-state index in [0.717, 1.165) is 18.4 Å². The molecule has 1 amide bonds. The third kappa shape index (κ3) is 2.62. The Morgan fingerprint density at radius 2 is 1.83 bits per heavy atom. The van der Waals surface area contributed by atoms with Gasteiger partial charge >= 0.3 is 0 Å². The van der Waals surface area contributed by atoms with Crippen molar-refractivity contribution in [2.45, 2.75) is 18.4 Å². The Bertz CT molecular complexity index is 802. The van der Waals surface area contributed by atoms with Crippen LogP contribution in [0.5, 0.6) is 11.5 Å². The van der Waals surface area contributed by atoms with Crippen LogP contribution < -0.4 is 14.8 Å². The molecule has 23 heavy (non-hydrogen) atoms. The summed E-state index contributed by atoms with van der Waals surface area (Å²) in [6.07, 6.45) is 1.70. The summed E-state index contributed by atoms with van der Waals surface area (Å²) >= 11 is 12.2. The molecule has 0 saturated heterocycles. The van der Waals surface area contributed by atoms with Crippen molar-refractivity contribution < 1.29 is 14.3 Å². The Morgan fingerprint density at radius 1 is 1.04 bits per heavy atom. The van der Waals surface area contributed by atoms with Crippen molar-refractivity contribution >= 4 is 29.1 Å². The second-order valence-electron chi connectivity index (χ2n) is 5.73. The quantitative estimate of drug-likeness (QED) is 0.905. The molecule has 1 aliphatic heterocycles. The van der Waals surface area contributed by atoms with E-state index in [2.05, 4.69) is 5.32 Å². The van der Waals surface area contributed by atoms with Gasteiger partial charge in [0.1, 0.15) is 0 Å². The van der Waals surface area contributed by atoms with E-state index in [1.165, 1.54) is 0 Å². The van der Waals surface area contributed by atoms with E-state index in [1.54, 1.807) is 30.3 Å². The first kappa shape index (κ1) is 14.7. The van der Waals surface area contributed by atoms with Crippen LogP contribution >= 0.6 is 23.2 Å². The smallest absolute Gasteiger partial charge is 0.252 e. The molecular weight excluding hydrogens is 337 g/mol. The van der Waals surface area contributed by atoms with Gasteiger partial charge in [-0.25, -0.2) is 0 Å². The van der Waals surface area contributed by atoms with Gasteiger partial charge in [-0.3, -0.25) is 4.79 Å². The molecule has 1 N–H and O–H groups in total. The summed E-state index contributed by atoms with van der Waals surface area (Å²) in [6, 6.07) is 10.5. The molecule has 2 aromatic carbocycles. The lowest BCUT2D eigenvalue weighted by molar-refractivity contribution is 0.0930. The van der Waals surface area contributed by atoms with Crippen LogP contribution in [-0.2, 0) is 5.54 Å². The lowest BCUT2D eigenvalue weighted by atomic mass is 10.0. The monoisotopic (exact) mass is 349 g/mol. The molecule has 118 valence electrons. The third-order valence-electron chi connectivity index (χ3n) is 4.18. The van der Waals surface area contributed by atoms with Crippen LogP contribution in [0.2, 0.25) is 10.0 Å². The van der Waals surface area contributed by atoms with Crippen molar-refractivity contribution in [2.75, 3.05) is 6.79 Å². The number of carbonyl (C=O) groups is 1. The van der Waals surface area contributed by atoms with E-state index < -0.39 is 5.54 Å². The summed E-state index contributed by atoms with van der Waals surface area (Å²) in [7, 11) is 0. The molecule has 6 heteroatoms. The first-order valence-corrected chi connectivity index (χ1v) is 8.01. The molecule has 1 heterocycles. The van der Waals surface area contributed by atoms with Crippen LogP contribution in [0.3, 0.4) is 0 Å². The number of nitrogens with one attached hydrogen (secondary N) is 1. The van der Waals surface area contributed by atoms with Gasteiger partial charge < -0.3 is 14.8 Å². The molecule has 0 radical (unpaired) electrons. The van der Waals surface area contributed by atoms with Gasteiger partial charge in [0.15, 0.2) is 11.5 Å². The molecule has 2 aliphatic rings. The number of hydrogen-bond acceptors (Lipinski definition) is 3. The molecule has 1 fully saturated rings. The molecule has 0 spiro atoms. The van der Waals surface area contributed by atoms with E-state index in [0.29, 0.717) is 27.1 Å². The van der Waals surface area contributed by atoms with Gasteiger partial charge in [0.05, 0.1) is 5.54 Å². The molecule has 0 aromatic heterocycles. The van der Waals surface area contributed by atoms with Gasteiger partial charge in [0, 0.05) is 15.6 Å². The fourth-order valence-electron chi connectivity index (χ4n) is 2.79. The summed E-state index contributed by atoms with van der Waals surface area (Å²) in [6.45, 7) is 0.185. The molecule has 1 aliphatic carbocycles. The van der Waals surface area contributed by atoms with Crippen molar-refractivity contribution in [3.8, 4) is 11.5 Å². The molecule has 0 bridgehead atoms. The van der Waals surface area contributed by atoms with Crippen LogP contribution in [0.4, 0.5) is 0 Å². The van der Waals surface area contributed by atoms with Gasteiger partial charge in [-0.2, -0.15) is 0 Å². The number of ether oxygens (including phenoxy) is 2. The zero-order chi connectivity index (χ0) is 16.0. The van der Waals surface area contributed by atoms with Crippen LogP contribution in [0.15, 0.2) is 36.4 Å². The van der Waals surface area contributed by atoms with Crippen LogP contribution in [0.25, 0.3) is 0 Å². The zero-order valence-electron chi connectivity index (χ0n) is 12.1. The molecule has 4 rings (SSSR count). The minimum absolute atomic E-state index is 0.160. The van der Waals surface area contributed by atoms with Gasteiger partial charge in [-0.1, -0.05) is 29.3 Å². The Labute approximate surface area is 143 Å². The number of hydrogen-bond donors (Lipinski definition) is 1. The summed E-state index contributed by atoms with van der Waals surface area (Å²) in [5, 5.41) is 4.24. The van der Waals surface area contributed by atoms with E-state index in [-0.39, 0.29) is 12.7 Å². The summed E-state index contributed by atoms with van der Waals surface area (Å²) in [5.74, 6) is 1.09. The highest BCUT2D eigenvalue weighted by molar-refractivity contribution is 6.35. The molecule has 0 atom stereocenters. The lowest BCUT2D eigenvalue weighted by Crippen LogP contribution is -2.35. The largest absolute Gasteiger partial charge is 0.454 e. The SMILES string of the molecule is O=C(NC1(c2ccc(Cl)cc2Cl)CC1)c1ccc2c(c1)OCO2. The van der Waals surface area contributed by atoms with Crippen molar-refractivity contribution in [1.29, 1.82) is 0 Å². The van der Waals surface area contributed by atoms with Crippen LogP contribution in [0, 0.1) is 0 Å². The maximum absolute atomic E-state index is 12.6. The number of fused-ring (bicyclic) bond motifs is 1. The highest BCUT2D eigenvalue weighted by Gasteiger charge is 2.47. The normalized spacial score (nSPS) is 17.0. The summed E-state index contributed by atoms with van der Waals surface area (Å²) < 4.78 is 10.6. The highest BCUT2D eigenvalue weighted by Crippen LogP contribution is 2.48. The van der Waals surface area contributed by atoms with Gasteiger partial charge in [0.25, 0.3) is 5.91 Å². The predicted octanol–water partition coefficient (Wildman–Crippen LogP) is 4.14. The van der Waals surface area contributed by atoms with Gasteiger partial charge in [0.2, 0.25) is 6.79 Å². The van der Waals surface area contributed by atoms with Crippen molar-refractivity contribution in [3.05, 3.63) is 57.6 Å². The van der Waals surface area contributed by atoms with Crippen molar-refractivity contribution in [1.82, 2.24) is 5.32 Å². The van der Waals surface area contributed by atoms with E-state index in [9.17, 15) is 4.79 Å². The molecule has 0 unspecified atom stereocenters. The van der Waals surface area contributed by atoms with E-state index in [1.807, 2.05) is 6.07 Å². The molecular formula is C17H13Cl2NO3. The third-order valence-corrected chi connectivity index (χ3v) is 4.73. The van der Waals surface area contributed by atoms with Crippen LogP contribution in [0.1, 0.15) is 28.8 Å². The predicted molar refractivity (Wildman–Crippen MR) is 87.4 cm³/mol. The fraction of sp³-hybridized carbons (Fsp3) is 0.235. The Morgan fingerprint density at radius 3 is 2.57 bits per heavy atom. The summed E-state index contributed by atoms with van der Waals surface area (Å²) in [4.78, 5) is 12.6. The maximum Gasteiger partial charge on any atom is 0.252 e. The summed E-state index contributed by atoms with van der Waals surface area (Å²) in [5.41, 5.74) is 1.03. The van der Waals surface area contributed by atoms with E-state index >= 15 is 0 Å². The van der Waals surface area contributed by atoms with Crippen molar-refractivity contribution in [3.63, 3.8) is 0 Å². The molecule has 4 nitrogen and oxygen atoms in total. The van der Waals surface area contributed by atoms with Gasteiger partial charge in [-0.15, -0.1) is 0 Å². The number of amides is 1. The van der Waals surface area contributed by atoms with Crippen LogP contribution in [-0.4, -0.2) is 12.7 Å². The molecule has 1 saturated carbocycles. The Balaban J connectivity index is 1.58. The first-order valence-electron chi connectivity index (χ1n) is 7.25. The fourth-order valence-corrected chi connectivity index (χ4v) is 3.38. The van der Waals surface area contributed by atoms with Gasteiger partial charge in [-0.05, 0) is 48.7 Å². The minimum atomic E-state index is -0.408. The van der Waals surface area contributed by atoms with Crippen molar-refractivity contribution in [2.24, 2.45) is 0 Å². The highest BCUT2D eigenvalue weighted by atomic mass is 35.5. The standard InChI is InChI=1S/C17H13Cl2NO3/c18-11-2-3-12(13(19)8-11)17(5-6-17)20-16(21)10-1-4-14-15(7-10)23-9-22-14/h1-4,7-8H,5-6,9H2,(H,20,21). The minimum Gasteiger partial charge on any atom is -0.454 e. The maximum atomic E-state index is 12.6. The first-order chi connectivity index (χ1) is 11.1. The number of benzene rings is 2. The number of halogens is 2.